The van der Waals surface area contributed by atoms with Crippen LogP contribution >= 0.6 is 0 Å². The third-order valence-corrected chi connectivity index (χ3v) is 4.81. The van der Waals surface area contributed by atoms with Crippen molar-refractivity contribution in [2.24, 2.45) is 0 Å². The predicted octanol–water partition coefficient (Wildman–Crippen LogP) is 1.89. The topological polar surface area (TPSA) is 77.0 Å². The number of aromatic nitrogens is 2. The molecule has 0 atom stereocenters. The second-order valence-corrected chi connectivity index (χ2v) is 6.80. The summed E-state index contributed by atoms with van der Waals surface area (Å²) in [6, 6.07) is 0. The van der Waals surface area contributed by atoms with Crippen LogP contribution in [0.3, 0.4) is 0 Å². The van der Waals surface area contributed by atoms with Gasteiger partial charge in [-0.2, -0.15) is 4.98 Å². The van der Waals surface area contributed by atoms with Crippen molar-refractivity contribution in [1.82, 2.24) is 9.97 Å². The third-order valence-electron chi connectivity index (χ3n) is 4.81. The fourth-order valence-electron chi connectivity index (χ4n) is 3.21. The van der Waals surface area contributed by atoms with Crippen LogP contribution in [0.25, 0.3) is 0 Å². The van der Waals surface area contributed by atoms with Gasteiger partial charge < -0.3 is 24.0 Å². The minimum atomic E-state index is -0.346. The van der Waals surface area contributed by atoms with Crippen LogP contribution in [0.1, 0.15) is 43.0 Å². The summed E-state index contributed by atoms with van der Waals surface area (Å²) in [7, 11) is 0. The Balaban J connectivity index is 1.73. The lowest BCUT2D eigenvalue weighted by atomic mass is 10.2. The molecular weight excluding hydrogens is 348 g/mol. The van der Waals surface area contributed by atoms with Crippen LogP contribution in [0.5, 0.6) is 0 Å². The van der Waals surface area contributed by atoms with E-state index in [1.807, 2.05) is 0 Å². The molecule has 150 valence electrons. The second-order valence-electron chi connectivity index (χ2n) is 6.80. The molecule has 0 radical (unpaired) electrons. The summed E-state index contributed by atoms with van der Waals surface area (Å²) < 4.78 is 16.3. The number of ether oxygens (including phenoxy) is 3. The highest BCUT2D eigenvalue weighted by Gasteiger charge is 2.24. The van der Waals surface area contributed by atoms with Gasteiger partial charge in [0.05, 0.1) is 33.0 Å². The number of esters is 1. The monoisotopic (exact) mass is 378 g/mol. The minimum absolute atomic E-state index is 0.346. The Kier molecular flexibility index (Phi) is 7.65. The summed E-state index contributed by atoms with van der Waals surface area (Å²) in [4.78, 5) is 26.0. The molecule has 0 amide bonds. The highest BCUT2D eigenvalue weighted by molar-refractivity contribution is 5.94. The van der Waals surface area contributed by atoms with E-state index in [-0.39, 0.29) is 5.97 Å². The van der Waals surface area contributed by atoms with Crippen LogP contribution in [0, 0.1) is 0 Å². The van der Waals surface area contributed by atoms with E-state index < -0.39 is 0 Å². The summed E-state index contributed by atoms with van der Waals surface area (Å²) in [5.74, 6) is 0.939. The third kappa shape index (κ3) is 5.52. The van der Waals surface area contributed by atoms with Gasteiger partial charge >= 0.3 is 5.97 Å². The van der Waals surface area contributed by atoms with E-state index in [4.69, 9.17) is 19.2 Å². The SMILES string of the molecule is CCCCCCOC(=O)c1cnc(N2CCOCC2)nc1N1CCOCC1. The fourth-order valence-corrected chi connectivity index (χ4v) is 3.21. The molecule has 0 N–H and O–H groups in total. The Bertz CT molecular complexity index is 601. The molecule has 27 heavy (non-hydrogen) atoms. The van der Waals surface area contributed by atoms with Crippen LogP contribution in [-0.2, 0) is 14.2 Å². The Hall–Kier alpha value is -1.93. The van der Waals surface area contributed by atoms with Crippen LogP contribution < -0.4 is 9.80 Å². The molecule has 3 heterocycles. The Morgan fingerprint density at radius 1 is 1.04 bits per heavy atom. The van der Waals surface area contributed by atoms with E-state index in [1.54, 1.807) is 6.20 Å². The molecule has 1 aromatic rings. The first-order valence-corrected chi connectivity index (χ1v) is 9.99. The van der Waals surface area contributed by atoms with Crippen LogP contribution in [-0.4, -0.2) is 75.2 Å². The molecule has 0 aromatic carbocycles. The lowest BCUT2D eigenvalue weighted by Gasteiger charge is -2.31. The molecule has 8 nitrogen and oxygen atoms in total. The van der Waals surface area contributed by atoms with Gasteiger partial charge in [-0.1, -0.05) is 26.2 Å². The average Bonchev–Trinajstić information content (AvgIpc) is 2.74. The molecule has 0 saturated carbocycles. The predicted molar refractivity (Wildman–Crippen MR) is 103 cm³/mol. The molecule has 8 heteroatoms. The van der Waals surface area contributed by atoms with Gasteiger partial charge in [0.25, 0.3) is 0 Å². The van der Waals surface area contributed by atoms with Gasteiger partial charge in [0, 0.05) is 32.4 Å². The number of hydrogen-bond donors (Lipinski definition) is 0. The zero-order chi connectivity index (χ0) is 18.9. The van der Waals surface area contributed by atoms with E-state index in [1.165, 1.54) is 0 Å². The number of carbonyl (C=O) groups is 1. The van der Waals surface area contributed by atoms with Crippen molar-refractivity contribution in [3.8, 4) is 0 Å². The molecule has 0 unspecified atom stereocenters. The van der Waals surface area contributed by atoms with E-state index in [2.05, 4.69) is 21.7 Å². The largest absolute Gasteiger partial charge is 0.462 e. The van der Waals surface area contributed by atoms with Crippen molar-refractivity contribution in [2.45, 2.75) is 32.6 Å². The number of anilines is 2. The first-order chi connectivity index (χ1) is 13.3. The fraction of sp³-hybridized carbons (Fsp3) is 0.737. The van der Waals surface area contributed by atoms with Crippen molar-refractivity contribution in [1.29, 1.82) is 0 Å². The van der Waals surface area contributed by atoms with Gasteiger partial charge in [-0.15, -0.1) is 0 Å². The van der Waals surface area contributed by atoms with Gasteiger partial charge in [-0.3, -0.25) is 0 Å². The Labute approximate surface area is 160 Å². The number of carbonyl (C=O) groups excluding carboxylic acids is 1. The minimum Gasteiger partial charge on any atom is -0.462 e. The first kappa shape index (κ1) is 19.8. The highest BCUT2D eigenvalue weighted by atomic mass is 16.5. The molecule has 2 aliphatic heterocycles. The summed E-state index contributed by atoms with van der Waals surface area (Å²) in [6.07, 6.45) is 5.89. The van der Waals surface area contributed by atoms with Crippen molar-refractivity contribution in [2.75, 3.05) is 69.0 Å². The molecule has 0 aliphatic carbocycles. The number of morpholine rings is 2. The summed E-state index contributed by atoms with van der Waals surface area (Å²) in [5.41, 5.74) is 0.435. The smallest absolute Gasteiger partial charge is 0.343 e. The molecule has 0 spiro atoms. The van der Waals surface area contributed by atoms with Crippen molar-refractivity contribution in [3.63, 3.8) is 0 Å². The summed E-state index contributed by atoms with van der Waals surface area (Å²) >= 11 is 0. The van der Waals surface area contributed by atoms with Crippen LogP contribution in [0.4, 0.5) is 11.8 Å². The number of rotatable bonds is 8. The maximum Gasteiger partial charge on any atom is 0.343 e. The quantitative estimate of drug-likeness (QED) is 0.501. The van der Waals surface area contributed by atoms with Crippen LogP contribution in [0.2, 0.25) is 0 Å². The maximum atomic E-state index is 12.6. The molecule has 0 bridgehead atoms. The Morgan fingerprint density at radius 2 is 1.70 bits per heavy atom. The zero-order valence-corrected chi connectivity index (χ0v) is 16.2. The zero-order valence-electron chi connectivity index (χ0n) is 16.2. The van der Waals surface area contributed by atoms with Crippen LogP contribution in [0.15, 0.2) is 6.20 Å². The van der Waals surface area contributed by atoms with E-state index in [9.17, 15) is 4.79 Å². The molecule has 1 aromatic heterocycles. The normalized spacial score (nSPS) is 17.8. The van der Waals surface area contributed by atoms with Gasteiger partial charge in [0.2, 0.25) is 5.95 Å². The average molecular weight is 378 g/mol. The number of nitrogens with zero attached hydrogens (tertiary/aromatic N) is 4. The van der Waals surface area contributed by atoms with E-state index in [0.29, 0.717) is 63.5 Å². The summed E-state index contributed by atoms with van der Waals surface area (Å²) in [6.45, 7) is 8.10. The van der Waals surface area contributed by atoms with Gasteiger partial charge in [0.15, 0.2) is 0 Å². The molecule has 3 rings (SSSR count). The lowest BCUT2D eigenvalue weighted by molar-refractivity contribution is 0.0496. The maximum absolute atomic E-state index is 12.6. The van der Waals surface area contributed by atoms with Crippen molar-refractivity contribution < 1.29 is 19.0 Å². The van der Waals surface area contributed by atoms with Crippen molar-refractivity contribution >= 4 is 17.7 Å². The van der Waals surface area contributed by atoms with E-state index in [0.717, 1.165) is 38.8 Å². The van der Waals surface area contributed by atoms with Gasteiger partial charge in [-0.25, -0.2) is 9.78 Å². The first-order valence-electron chi connectivity index (χ1n) is 9.99. The number of hydrogen-bond acceptors (Lipinski definition) is 8. The van der Waals surface area contributed by atoms with Crippen molar-refractivity contribution in [3.05, 3.63) is 11.8 Å². The molecular formula is C19H30N4O4. The molecule has 2 aliphatic rings. The molecule has 2 fully saturated rings. The standard InChI is InChI=1S/C19H30N4O4/c1-2-3-4-5-10-27-18(24)16-15-20-19(23-8-13-26-14-9-23)21-17(16)22-6-11-25-12-7-22/h15H,2-14H2,1H3. The second kappa shape index (κ2) is 10.4. The summed E-state index contributed by atoms with van der Waals surface area (Å²) in [5, 5.41) is 0. The highest BCUT2D eigenvalue weighted by Crippen LogP contribution is 2.23. The van der Waals surface area contributed by atoms with E-state index >= 15 is 0 Å². The number of unbranched alkanes of at least 4 members (excludes halogenated alkanes) is 3. The molecule has 2 saturated heterocycles. The van der Waals surface area contributed by atoms with Gasteiger partial charge in [-0.05, 0) is 6.42 Å². The Morgan fingerprint density at radius 3 is 2.37 bits per heavy atom. The van der Waals surface area contributed by atoms with Gasteiger partial charge in [0.1, 0.15) is 11.4 Å². The lowest BCUT2D eigenvalue weighted by Crippen LogP contribution is -2.40.